The van der Waals surface area contributed by atoms with Crippen molar-refractivity contribution in [2.75, 3.05) is 0 Å². The molecule has 0 aliphatic heterocycles. The van der Waals surface area contributed by atoms with Crippen LogP contribution in [-0.2, 0) is 10.3 Å². The predicted octanol–water partition coefficient (Wildman–Crippen LogP) is 1.87. The molecule has 1 heterocycles. The number of nitrogens with one attached hydrogen (secondary N) is 1. The zero-order chi connectivity index (χ0) is 13.1. The Labute approximate surface area is 107 Å². The zero-order valence-electron chi connectivity index (χ0n) is 10.9. The van der Waals surface area contributed by atoms with Gasteiger partial charge in [0.05, 0.1) is 11.6 Å². The van der Waals surface area contributed by atoms with E-state index in [9.17, 15) is 4.79 Å². The van der Waals surface area contributed by atoms with Crippen LogP contribution in [0.2, 0.25) is 0 Å². The van der Waals surface area contributed by atoms with Crippen LogP contribution < -0.4 is 11.1 Å². The third kappa shape index (κ3) is 4.09. The lowest BCUT2D eigenvalue weighted by atomic mass is 10.0. The molecule has 96 valence electrons. The van der Waals surface area contributed by atoms with Gasteiger partial charge in [-0.25, -0.2) is 4.98 Å². The van der Waals surface area contributed by atoms with E-state index in [0.717, 1.165) is 5.01 Å². The summed E-state index contributed by atoms with van der Waals surface area (Å²) in [4.78, 5) is 16.2. The molecule has 0 spiro atoms. The highest BCUT2D eigenvalue weighted by Crippen LogP contribution is 2.22. The first-order valence-corrected chi connectivity index (χ1v) is 6.68. The van der Waals surface area contributed by atoms with E-state index in [1.807, 2.05) is 19.2 Å². The van der Waals surface area contributed by atoms with Gasteiger partial charge in [-0.2, -0.15) is 0 Å². The first kappa shape index (κ1) is 14.1. The Morgan fingerprint density at radius 3 is 2.71 bits per heavy atom. The molecule has 0 saturated carbocycles. The zero-order valence-corrected chi connectivity index (χ0v) is 11.7. The topological polar surface area (TPSA) is 68.0 Å². The molecule has 1 atom stereocenters. The Kier molecular flexibility index (Phi) is 4.65. The molecule has 1 amide bonds. The highest BCUT2D eigenvalue weighted by molar-refractivity contribution is 7.09. The maximum Gasteiger partial charge on any atom is 0.237 e. The van der Waals surface area contributed by atoms with E-state index < -0.39 is 11.6 Å². The third-order valence-electron chi connectivity index (χ3n) is 2.46. The lowest BCUT2D eigenvalue weighted by Gasteiger charge is -2.26. The van der Waals surface area contributed by atoms with Crippen LogP contribution in [-0.4, -0.2) is 16.9 Å². The van der Waals surface area contributed by atoms with E-state index >= 15 is 0 Å². The summed E-state index contributed by atoms with van der Waals surface area (Å²) < 4.78 is 0. The van der Waals surface area contributed by atoms with Crippen LogP contribution in [0.3, 0.4) is 0 Å². The number of carbonyl (C=O) groups excluding carboxylic acids is 1. The summed E-state index contributed by atoms with van der Waals surface area (Å²) in [5.41, 5.74) is 5.39. The molecule has 1 aromatic heterocycles. The van der Waals surface area contributed by atoms with Crippen molar-refractivity contribution in [3.63, 3.8) is 0 Å². The Bertz CT molecular complexity index is 360. The summed E-state index contributed by atoms with van der Waals surface area (Å²) >= 11 is 1.53. The lowest BCUT2D eigenvalue weighted by Crippen LogP contribution is -2.49. The van der Waals surface area contributed by atoms with Crippen LogP contribution in [0.25, 0.3) is 0 Å². The first-order chi connectivity index (χ1) is 7.83. The molecule has 0 aliphatic carbocycles. The van der Waals surface area contributed by atoms with Gasteiger partial charge in [0.1, 0.15) is 5.01 Å². The second-order valence-electron chi connectivity index (χ2n) is 5.19. The molecular weight excluding hydrogens is 234 g/mol. The second kappa shape index (κ2) is 5.60. The highest BCUT2D eigenvalue weighted by atomic mass is 32.1. The number of rotatable bonds is 5. The monoisotopic (exact) mass is 255 g/mol. The number of nitrogens with zero attached hydrogens (tertiary/aromatic N) is 1. The van der Waals surface area contributed by atoms with Gasteiger partial charge in [-0.05, 0) is 26.2 Å². The van der Waals surface area contributed by atoms with Gasteiger partial charge in [-0.15, -0.1) is 11.3 Å². The van der Waals surface area contributed by atoms with Crippen LogP contribution in [0.5, 0.6) is 0 Å². The van der Waals surface area contributed by atoms with Gasteiger partial charge in [0.15, 0.2) is 0 Å². The Hall–Kier alpha value is -0.940. The van der Waals surface area contributed by atoms with Crippen molar-refractivity contribution in [2.45, 2.75) is 45.7 Å². The summed E-state index contributed by atoms with van der Waals surface area (Å²) in [5, 5.41) is 5.74. The minimum Gasteiger partial charge on any atom is -0.343 e. The largest absolute Gasteiger partial charge is 0.343 e. The van der Waals surface area contributed by atoms with Crippen LogP contribution in [0.15, 0.2) is 11.6 Å². The number of amides is 1. The Balaban J connectivity index is 2.62. The molecule has 1 rings (SSSR count). The quantitative estimate of drug-likeness (QED) is 0.844. The van der Waals surface area contributed by atoms with Crippen molar-refractivity contribution in [1.82, 2.24) is 10.3 Å². The molecule has 5 heteroatoms. The normalized spacial score (nSPS) is 13.8. The van der Waals surface area contributed by atoms with E-state index in [2.05, 4.69) is 24.1 Å². The first-order valence-electron chi connectivity index (χ1n) is 5.80. The maximum atomic E-state index is 11.9. The van der Waals surface area contributed by atoms with Crippen molar-refractivity contribution < 1.29 is 4.79 Å². The fourth-order valence-electron chi connectivity index (χ4n) is 1.60. The average molecular weight is 255 g/mol. The Morgan fingerprint density at radius 1 is 1.59 bits per heavy atom. The fourth-order valence-corrected chi connectivity index (χ4v) is 2.32. The molecule has 1 unspecified atom stereocenters. The molecule has 3 N–H and O–H groups in total. The van der Waals surface area contributed by atoms with Crippen molar-refractivity contribution in [3.05, 3.63) is 16.6 Å². The van der Waals surface area contributed by atoms with Crippen LogP contribution in [0.4, 0.5) is 0 Å². The molecule has 0 bridgehead atoms. The molecule has 17 heavy (non-hydrogen) atoms. The van der Waals surface area contributed by atoms with Gasteiger partial charge < -0.3 is 11.1 Å². The summed E-state index contributed by atoms with van der Waals surface area (Å²) in [7, 11) is 0. The summed E-state index contributed by atoms with van der Waals surface area (Å²) in [6.07, 6.45) is 2.43. The van der Waals surface area contributed by atoms with E-state index in [4.69, 9.17) is 5.73 Å². The molecule has 0 aromatic carbocycles. The lowest BCUT2D eigenvalue weighted by molar-refractivity contribution is -0.124. The van der Waals surface area contributed by atoms with Crippen LogP contribution in [0.1, 0.15) is 39.1 Å². The van der Waals surface area contributed by atoms with E-state index in [1.54, 1.807) is 6.20 Å². The molecule has 0 saturated heterocycles. The van der Waals surface area contributed by atoms with Crippen molar-refractivity contribution >= 4 is 17.2 Å². The molecule has 4 nitrogen and oxygen atoms in total. The van der Waals surface area contributed by atoms with Gasteiger partial charge in [0, 0.05) is 11.6 Å². The number of nitrogens with two attached hydrogens (primary N) is 1. The number of carbonyl (C=O) groups is 1. The number of aromatic nitrogens is 1. The molecular formula is C12H21N3OS. The van der Waals surface area contributed by atoms with Gasteiger partial charge >= 0.3 is 0 Å². The molecule has 0 aliphatic rings. The summed E-state index contributed by atoms with van der Waals surface area (Å²) in [6, 6.07) is -0.450. The van der Waals surface area contributed by atoms with E-state index in [0.29, 0.717) is 12.3 Å². The van der Waals surface area contributed by atoms with Gasteiger partial charge in [0.25, 0.3) is 0 Å². The maximum absolute atomic E-state index is 11.9. The van der Waals surface area contributed by atoms with E-state index in [1.165, 1.54) is 11.3 Å². The van der Waals surface area contributed by atoms with Gasteiger partial charge in [-0.1, -0.05) is 13.8 Å². The van der Waals surface area contributed by atoms with Crippen molar-refractivity contribution in [2.24, 2.45) is 11.7 Å². The SMILES string of the molecule is CC(C)CC(N)C(=O)NC(C)(C)c1nccs1. The van der Waals surface area contributed by atoms with Crippen molar-refractivity contribution in [3.8, 4) is 0 Å². The number of hydrogen-bond donors (Lipinski definition) is 2. The minimum atomic E-state index is -0.458. The average Bonchev–Trinajstić information content (AvgIpc) is 2.68. The number of hydrogen-bond acceptors (Lipinski definition) is 4. The summed E-state index contributed by atoms with van der Waals surface area (Å²) in [6.45, 7) is 7.98. The standard InChI is InChI=1S/C12H21N3OS/c1-8(2)7-9(13)10(16)15-12(3,4)11-14-5-6-17-11/h5-6,8-9H,7,13H2,1-4H3,(H,15,16). The molecule has 1 aromatic rings. The Morgan fingerprint density at radius 2 is 2.24 bits per heavy atom. The smallest absolute Gasteiger partial charge is 0.237 e. The minimum absolute atomic E-state index is 0.112. The predicted molar refractivity (Wildman–Crippen MR) is 70.7 cm³/mol. The highest BCUT2D eigenvalue weighted by Gasteiger charge is 2.27. The van der Waals surface area contributed by atoms with Crippen LogP contribution >= 0.6 is 11.3 Å². The molecule has 0 radical (unpaired) electrons. The van der Waals surface area contributed by atoms with Gasteiger partial charge in [0.2, 0.25) is 5.91 Å². The van der Waals surface area contributed by atoms with Gasteiger partial charge in [-0.3, -0.25) is 4.79 Å². The van der Waals surface area contributed by atoms with E-state index in [-0.39, 0.29) is 5.91 Å². The summed E-state index contributed by atoms with van der Waals surface area (Å²) in [5.74, 6) is 0.303. The van der Waals surface area contributed by atoms with Crippen LogP contribution in [0, 0.1) is 5.92 Å². The second-order valence-corrected chi connectivity index (χ2v) is 6.08. The molecule has 0 fully saturated rings. The fraction of sp³-hybridized carbons (Fsp3) is 0.667. The number of thiazole rings is 1. The third-order valence-corrected chi connectivity index (χ3v) is 3.56. The van der Waals surface area contributed by atoms with Crippen molar-refractivity contribution in [1.29, 1.82) is 0 Å².